The van der Waals surface area contributed by atoms with Crippen LogP contribution in [0.15, 0.2) is 42.5 Å². The minimum absolute atomic E-state index is 0.0157. The third kappa shape index (κ3) is 6.28. The van der Waals surface area contributed by atoms with Gasteiger partial charge in [-0.25, -0.2) is 4.39 Å². The Morgan fingerprint density at radius 3 is 2.48 bits per heavy atom. The van der Waals surface area contributed by atoms with Crippen LogP contribution in [-0.4, -0.2) is 61.3 Å². The molecule has 0 bridgehead atoms. The molecule has 10 heteroatoms. The Bertz CT molecular complexity index is 993. The Morgan fingerprint density at radius 2 is 1.82 bits per heavy atom. The molecule has 33 heavy (non-hydrogen) atoms. The van der Waals surface area contributed by atoms with E-state index in [2.05, 4.69) is 5.32 Å². The number of nitrogens with zero attached hydrogens (tertiary/aromatic N) is 1. The first-order valence-corrected chi connectivity index (χ1v) is 11.3. The molecule has 2 aromatic carbocycles. The van der Waals surface area contributed by atoms with Gasteiger partial charge in [-0.2, -0.15) is 0 Å². The molecule has 2 atom stereocenters. The van der Waals surface area contributed by atoms with Crippen molar-refractivity contribution in [3.8, 4) is 11.5 Å². The Balaban J connectivity index is 1.14. The van der Waals surface area contributed by atoms with Gasteiger partial charge < -0.3 is 24.4 Å². The maximum Gasteiger partial charge on any atom is 0.258 e. The molecule has 0 unspecified atom stereocenters. The van der Waals surface area contributed by atoms with Crippen LogP contribution in [0.5, 0.6) is 11.5 Å². The quantitative estimate of drug-likeness (QED) is 0.634. The van der Waals surface area contributed by atoms with E-state index in [1.807, 2.05) is 0 Å². The van der Waals surface area contributed by atoms with E-state index in [1.54, 1.807) is 29.2 Å². The first-order valence-electron chi connectivity index (χ1n) is 10.6. The van der Waals surface area contributed by atoms with Gasteiger partial charge in [0, 0.05) is 11.1 Å². The van der Waals surface area contributed by atoms with E-state index in [0.717, 1.165) is 6.07 Å². The molecular weight excluding hydrogens is 474 g/mol. The molecule has 7 nitrogen and oxygen atoms in total. The van der Waals surface area contributed by atoms with Gasteiger partial charge in [-0.05, 0) is 49.2 Å². The van der Waals surface area contributed by atoms with Crippen LogP contribution in [0.3, 0.4) is 0 Å². The van der Waals surface area contributed by atoms with Gasteiger partial charge in [0.05, 0.1) is 30.8 Å². The normalized spacial score (nSPS) is 20.6. The zero-order chi connectivity index (χ0) is 23.4. The average Bonchev–Trinajstić information content (AvgIpc) is 2.78. The molecular formula is C23H23Cl2FN2O5. The van der Waals surface area contributed by atoms with E-state index in [-0.39, 0.29) is 47.9 Å². The highest BCUT2D eigenvalue weighted by Crippen LogP contribution is 2.24. The lowest BCUT2D eigenvalue weighted by Crippen LogP contribution is -2.59. The van der Waals surface area contributed by atoms with Gasteiger partial charge in [0.1, 0.15) is 29.5 Å². The maximum absolute atomic E-state index is 13.4. The zero-order valence-corrected chi connectivity index (χ0v) is 19.2. The second-order valence-electron chi connectivity index (χ2n) is 7.97. The molecule has 2 fully saturated rings. The summed E-state index contributed by atoms with van der Waals surface area (Å²) in [5.41, 5.74) is 0. The first-order chi connectivity index (χ1) is 15.9. The highest BCUT2D eigenvalue weighted by Gasteiger charge is 2.38. The number of hydrogen-bond donors (Lipinski definition) is 1. The van der Waals surface area contributed by atoms with Gasteiger partial charge in [0.25, 0.3) is 11.8 Å². The fourth-order valence-corrected chi connectivity index (χ4v) is 3.89. The van der Waals surface area contributed by atoms with Gasteiger partial charge in [0.2, 0.25) is 0 Å². The predicted molar refractivity (Wildman–Crippen MR) is 120 cm³/mol. The molecule has 0 saturated carbocycles. The van der Waals surface area contributed by atoms with E-state index < -0.39 is 11.9 Å². The van der Waals surface area contributed by atoms with E-state index >= 15 is 0 Å². The van der Waals surface area contributed by atoms with Crippen LogP contribution in [0.1, 0.15) is 12.8 Å². The number of likely N-dealkylation sites (tertiary alicyclic amines) is 1. The molecule has 0 aromatic heterocycles. The van der Waals surface area contributed by atoms with Crippen molar-refractivity contribution >= 4 is 35.0 Å². The van der Waals surface area contributed by atoms with Crippen molar-refractivity contribution in [2.24, 2.45) is 0 Å². The largest absolute Gasteiger partial charge is 0.487 e. The lowest BCUT2D eigenvalue weighted by Gasteiger charge is -2.41. The van der Waals surface area contributed by atoms with Crippen LogP contribution < -0.4 is 14.8 Å². The Morgan fingerprint density at radius 1 is 1.09 bits per heavy atom. The number of amides is 2. The highest BCUT2D eigenvalue weighted by molar-refractivity contribution is 6.30. The fourth-order valence-electron chi connectivity index (χ4n) is 3.65. The fraction of sp³-hybridized carbons (Fsp3) is 0.391. The van der Waals surface area contributed by atoms with E-state index in [0.29, 0.717) is 36.7 Å². The Kier molecular flexibility index (Phi) is 7.57. The molecule has 0 aliphatic carbocycles. The van der Waals surface area contributed by atoms with Gasteiger partial charge in [-0.1, -0.05) is 23.2 Å². The summed E-state index contributed by atoms with van der Waals surface area (Å²) in [4.78, 5) is 26.5. The molecule has 0 spiro atoms. The molecule has 2 amide bonds. The number of halogens is 3. The van der Waals surface area contributed by atoms with E-state index in [9.17, 15) is 14.0 Å². The summed E-state index contributed by atoms with van der Waals surface area (Å²) >= 11 is 11.5. The molecule has 176 valence electrons. The van der Waals surface area contributed by atoms with Crippen molar-refractivity contribution in [1.82, 2.24) is 10.2 Å². The van der Waals surface area contributed by atoms with Gasteiger partial charge in [0.15, 0.2) is 6.61 Å². The molecule has 1 N–H and O–H groups in total. The maximum atomic E-state index is 13.4. The van der Waals surface area contributed by atoms with Crippen molar-refractivity contribution in [1.29, 1.82) is 0 Å². The van der Waals surface area contributed by atoms with Crippen molar-refractivity contribution in [2.75, 3.05) is 26.3 Å². The minimum Gasteiger partial charge on any atom is -0.487 e. The molecule has 2 aliphatic heterocycles. The predicted octanol–water partition coefficient (Wildman–Crippen LogP) is 3.46. The number of nitrogens with one attached hydrogen (secondary N) is 1. The summed E-state index contributed by atoms with van der Waals surface area (Å²) in [6.45, 7) is 0.979. The van der Waals surface area contributed by atoms with Crippen LogP contribution in [0.2, 0.25) is 10.0 Å². The van der Waals surface area contributed by atoms with Gasteiger partial charge >= 0.3 is 0 Å². The monoisotopic (exact) mass is 496 g/mol. The number of benzene rings is 2. The van der Waals surface area contributed by atoms with Crippen LogP contribution in [-0.2, 0) is 14.3 Å². The number of carbonyl (C=O) groups excluding carboxylic acids is 2. The van der Waals surface area contributed by atoms with Crippen molar-refractivity contribution < 1.29 is 28.2 Å². The minimum atomic E-state index is -0.615. The van der Waals surface area contributed by atoms with Crippen LogP contribution in [0, 0.1) is 5.82 Å². The lowest BCUT2D eigenvalue weighted by atomic mass is 10.0. The number of ether oxygens (including phenoxy) is 3. The molecule has 2 aromatic rings. The summed E-state index contributed by atoms with van der Waals surface area (Å²) in [5.74, 6) is -0.104. The summed E-state index contributed by atoms with van der Waals surface area (Å²) in [6, 6.07) is 10.9. The smallest absolute Gasteiger partial charge is 0.258 e. The van der Waals surface area contributed by atoms with Gasteiger partial charge in [-0.15, -0.1) is 0 Å². The number of hydrogen-bond acceptors (Lipinski definition) is 5. The molecule has 0 radical (unpaired) electrons. The third-order valence-electron chi connectivity index (χ3n) is 5.45. The van der Waals surface area contributed by atoms with Crippen molar-refractivity contribution in [2.45, 2.75) is 31.1 Å². The molecule has 2 aliphatic rings. The van der Waals surface area contributed by atoms with Crippen molar-refractivity contribution in [3.63, 3.8) is 0 Å². The second kappa shape index (κ2) is 10.6. The number of rotatable bonds is 7. The standard InChI is InChI=1S/C23H23Cl2FN2O5/c24-14-1-4-16(5-2-14)33-18-10-28(11-18)23(30)21-8-3-15(12-32-21)27-22(29)13-31-17-6-7-19(25)20(26)9-17/h1-2,4-7,9,15,18,21H,3,8,10-13H2,(H,27,29)/t15-,21+/m1/s1. The summed E-state index contributed by atoms with van der Waals surface area (Å²) in [6.07, 6.45) is 0.533. The first kappa shape index (κ1) is 23.6. The zero-order valence-electron chi connectivity index (χ0n) is 17.6. The SMILES string of the molecule is O=C(COc1ccc(Cl)c(F)c1)N[C@@H]1CC[C@@H](C(=O)N2CC(Oc3ccc(Cl)cc3)C2)OC1. The van der Waals surface area contributed by atoms with Crippen LogP contribution >= 0.6 is 23.2 Å². The second-order valence-corrected chi connectivity index (χ2v) is 8.81. The topological polar surface area (TPSA) is 77.1 Å². The van der Waals surface area contributed by atoms with Crippen LogP contribution in [0.25, 0.3) is 0 Å². The summed E-state index contributed by atoms with van der Waals surface area (Å²) in [5, 5.41) is 3.43. The summed E-state index contributed by atoms with van der Waals surface area (Å²) < 4.78 is 30.2. The average molecular weight is 497 g/mol. The Labute approximate surface area is 200 Å². The van der Waals surface area contributed by atoms with Crippen LogP contribution in [0.4, 0.5) is 4.39 Å². The van der Waals surface area contributed by atoms with E-state index in [1.165, 1.54) is 12.1 Å². The molecule has 2 heterocycles. The van der Waals surface area contributed by atoms with Crippen molar-refractivity contribution in [3.05, 3.63) is 58.3 Å². The third-order valence-corrected chi connectivity index (χ3v) is 6.01. The molecule has 2 saturated heterocycles. The number of carbonyl (C=O) groups is 2. The highest BCUT2D eigenvalue weighted by atomic mass is 35.5. The lowest BCUT2D eigenvalue weighted by molar-refractivity contribution is -0.156. The Hall–Kier alpha value is -2.55. The molecule has 4 rings (SSSR count). The van der Waals surface area contributed by atoms with Gasteiger partial charge in [-0.3, -0.25) is 9.59 Å². The van der Waals surface area contributed by atoms with E-state index in [4.69, 9.17) is 37.4 Å². The summed E-state index contributed by atoms with van der Waals surface area (Å²) in [7, 11) is 0.